The number of ketones is 2. The predicted molar refractivity (Wildman–Crippen MR) is 218 cm³/mol. The molecule has 2 aromatic carbocycles. The van der Waals surface area contributed by atoms with Gasteiger partial charge >= 0.3 is 6.61 Å². The van der Waals surface area contributed by atoms with E-state index in [4.69, 9.17) is 4.74 Å². The molecule has 2 aliphatic rings. The fraction of sp³-hybridized carbons (Fsp3) is 0.500. The van der Waals surface area contributed by atoms with E-state index < -0.39 is 53.7 Å². The number of aliphatic hydroxyl groups excluding tert-OH is 1. The summed E-state index contributed by atoms with van der Waals surface area (Å²) in [4.78, 5) is 74.8. The van der Waals surface area contributed by atoms with Crippen LogP contribution in [-0.4, -0.2) is 108 Å². The summed E-state index contributed by atoms with van der Waals surface area (Å²) in [6, 6.07) is 8.75. The van der Waals surface area contributed by atoms with E-state index in [1.807, 2.05) is 57.5 Å². The number of halogens is 2. The van der Waals surface area contributed by atoms with Crippen LogP contribution in [0, 0.1) is 12.3 Å². The highest BCUT2D eigenvalue weighted by Crippen LogP contribution is 2.31. The molecular weight excluding hydrogens is 787 g/mol. The van der Waals surface area contributed by atoms with Gasteiger partial charge in [-0.25, -0.2) is 4.98 Å². The topological polar surface area (TPSA) is 189 Å². The fourth-order valence-corrected chi connectivity index (χ4v) is 7.76. The van der Waals surface area contributed by atoms with Gasteiger partial charge in [-0.3, -0.25) is 29.0 Å². The highest BCUT2D eigenvalue weighted by Gasteiger charge is 2.43. The molecule has 3 amide bonds. The number of Topliss-reactive ketones (excluding diaryl/α,β-unsaturated/α-hetero) is 2. The molecule has 1 saturated heterocycles. The number of benzene rings is 2. The van der Waals surface area contributed by atoms with E-state index in [0.717, 1.165) is 59.7 Å². The SMILES string of the molecule is Cc1ncsc1-c1ccc(CNC(=O)[C@@H]2C[C@@H](O)CN2C(=O)[C@@H](NCCCCCCCOc2cc(C(=O)NC3C(=O)C=NCC3=O)ccc2OC(F)F)C(C)(C)C)cc1. The summed E-state index contributed by atoms with van der Waals surface area (Å²) in [7, 11) is 0. The number of alkyl halides is 2. The maximum atomic E-state index is 14.0. The van der Waals surface area contributed by atoms with E-state index in [1.54, 1.807) is 11.3 Å². The number of amides is 3. The summed E-state index contributed by atoms with van der Waals surface area (Å²) in [5, 5.41) is 19.3. The average molecular weight is 839 g/mol. The summed E-state index contributed by atoms with van der Waals surface area (Å²) in [5.41, 5.74) is 4.25. The summed E-state index contributed by atoms with van der Waals surface area (Å²) in [6.07, 6.45) is 4.06. The Labute approximate surface area is 346 Å². The molecule has 3 heterocycles. The molecule has 17 heteroatoms. The standard InChI is InChI=1S/C42H52F2N6O8S/c1-25-36(59-24-48-25)27-12-10-26(11-13-27)20-47-39(55)30-19-29(51)23-50(30)40(56)37(42(2,3)4)46-16-8-6-5-7-9-17-57-34-18-28(14-15-33(34)58-41(43)44)38(54)49-35-31(52)21-45-22-32(35)53/h10-15,18,21,24,29-30,35,37,41,46,51H,5-9,16-17,19-20,22-23H2,1-4H3,(H,47,55)(H,49,54)/t29-,30+,35?,37-/m1/s1. The molecule has 0 radical (unpaired) electrons. The molecule has 1 unspecified atom stereocenters. The molecule has 4 N–H and O–H groups in total. The molecule has 2 aliphatic heterocycles. The normalized spacial score (nSPS) is 18.6. The Morgan fingerprint density at radius 2 is 1.75 bits per heavy atom. The van der Waals surface area contributed by atoms with Gasteiger partial charge in [-0.15, -0.1) is 11.3 Å². The Morgan fingerprint density at radius 1 is 1.02 bits per heavy atom. The van der Waals surface area contributed by atoms with Crippen LogP contribution in [0.25, 0.3) is 10.4 Å². The number of aliphatic imine (C=N–C) groups is 1. The quantitative estimate of drug-likeness (QED) is 0.0978. The lowest BCUT2D eigenvalue weighted by atomic mass is 9.85. The number of thiazole rings is 1. The molecule has 1 aromatic heterocycles. The second-order valence-corrected chi connectivity index (χ2v) is 16.6. The molecule has 0 bridgehead atoms. The Bertz CT molecular complexity index is 1990. The number of aryl methyl sites for hydroxylation is 1. The zero-order valence-corrected chi connectivity index (χ0v) is 34.5. The minimum Gasteiger partial charge on any atom is -0.490 e. The predicted octanol–water partition coefficient (Wildman–Crippen LogP) is 4.65. The maximum absolute atomic E-state index is 14.0. The molecule has 14 nitrogen and oxygen atoms in total. The first kappa shape index (κ1) is 45.0. The molecule has 1 fully saturated rings. The van der Waals surface area contributed by atoms with Crippen LogP contribution >= 0.6 is 11.3 Å². The first-order valence-corrected chi connectivity index (χ1v) is 20.6. The van der Waals surface area contributed by atoms with Gasteiger partial charge in [-0.05, 0) is 61.1 Å². The van der Waals surface area contributed by atoms with Gasteiger partial charge in [0, 0.05) is 25.1 Å². The summed E-state index contributed by atoms with van der Waals surface area (Å²) >= 11 is 1.57. The van der Waals surface area contributed by atoms with Crippen LogP contribution < -0.4 is 25.4 Å². The molecule has 0 saturated carbocycles. The van der Waals surface area contributed by atoms with Crippen molar-refractivity contribution in [2.24, 2.45) is 10.4 Å². The Morgan fingerprint density at radius 3 is 2.42 bits per heavy atom. The number of unbranched alkanes of at least 4 members (excludes halogenated alkanes) is 4. The number of carbonyl (C=O) groups is 5. The zero-order valence-electron chi connectivity index (χ0n) is 33.7. The number of aliphatic hydroxyl groups is 1. The average Bonchev–Trinajstić information content (AvgIpc) is 3.81. The van der Waals surface area contributed by atoms with Crippen LogP contribution in [0.2, 0.25) is 0 Å². The van der Waals surface area contributed by atoms with Gasteiger partial charge < -0.3 is 35.4 Å². The minimum atomic E-state index is -3.13. The molecule has 318 valence electrons. The van der Waals surface area contributed by atoms with Crippen molar-refractivity contribution in [3.8, 4) is 21.9 Å². The van der Waals surface area contributed by atoms with Gasteiger partial charge in [0.05, 0.1) is 41.0 Å². The summed E-state index contributed by atoms with van der Waals surface area (Å²) in [6.45, 7) is 5.51. The van der Waals surface area contributed by atoms with E-state index >= 15 is 0 Å². The highest BCUT2D eigenvalue weighted by molar-refractivity contribution is 7.13. The molecule has 4 atom stereocenters. The van der Waals surface area contributed by atoms with Gasteiger partial charge in [0.2, 0.25) is 17.6 Å². The third-order valence-electron chi connectivity index (χ3n) is 10.1. The lowest BCUT2D eigenvalue weighted by Crippen LogP contribution is -2.56. The Balaban J connectivity index is 1.05. The molecule has 0 aliphatic carbocycles. The van der Waals surface area contributed by atoms with Crippen molar-refractivity contribution in [3.63, 3.8) is 0 Å². The van der Waals surface area contributed by atoms with Crippen molar-refractivity contribution in [1.29, 1.82) is 0 Å². The zero-order chi connectivity index (χ0) is 42.7. The van der Waals surface area contributed by atoms with Crippen molar-refractivity contribution >= 4 is 46.8 Å². The van der Waals surface area contributed by atoms with E-state index in [1.165, 1.54) is 17.0 Å². The smallest absolute Gasteiger partial charge is 0.387 e. The second kappa shape index (κ2) is 20.7. The summed E-state index contributed by atoms with van der Waals surface area (Å²) < 4.78 is 36.5. The number of aromatic nitrogens is 1. The number of nitrogens with zero attached hydrogens (tertiary/aromatic N) is 3. The largest absolute Gasteiger partial charge is 0.490 e. The molecular formula is C42H52F2N6O8S. The van der Waals surface area contributed by atoms with Crippen LogP contribution in [-0.2, 0) is 25.7 Å². The number of carbonyl (C=O) groups excluding carboxylic acids is 5. The lowest BCUT2D eigenvalue weighted by molar-refractivity contribution is -0.142. The van der Waals surface area contributed by atoms with Gasteiger partial charge in [0.25, 0.3) is 5.91 Å². The van der Waals surface area contributed by atoms with Gasteiger partial charge in [0.1, 0.15) is 12.6 Å². The van der Waals surface area contributed by atoms with Crippen molar-refractivity contribution in [1.82, 2.24) is 25.8 Å². The first-order valence-electron chi connectivity index (χ1n) is 19.7. The highest BCUT2D eigenvalue weighted by atomic mass is 32.1. The monoisotopic (exact) mass is 838 g/mol. The van der Waals surface area contributed by atoms with E-state index in [9.17, 15) is 37.9 Å². The number of likely N-dealkylation sites (tertiary alicyclic amines) is 1. The lowest BCUT2D eigenvalue weighted by Gasteiger charge is -2.35. The van der Waals surface area contributed by atoms with Crippen molar-refractivity contribution in [2.75, 3.05) is 26.2 Å². The van der Waals surface area contributed by atoms with Crippen LogP contribution in [0.4, 0.5) is 8.78 Å². The van der Waals surface area contributed by atoms with E-state index in [-0.39, 0.29) is 61.5 Å². The van der Waals surface area contributed by atoms with Gasteiger partial charge in [-0.1, -0.05) is 64.3 Å². The van der Waals surface area contributed by atoms with Crippen LogP contribution in [0.15, 0.2) is 53.0 Å². The Kier molecular flexibility index (Phi) is 15.8. The van der Waals surface area contributed by atoms with Crippen LogP contribution in [0.1, 0.15) is 80.9 Å². The third kappa shape index (κ3) is 12.4. The fourth-order valence-electron chi connectivity index (χ4n) is 6.95. The third-order valence-corrected chi connectivity index (χ3v) is 11.1. The molecule has 59 heavy (non-hydrogen) atoms. The van der Waals surface area contributed by atoms with Crippen molar-refractivity contribution in [3.05, 3.63) is 64.8 Å². The number of ether oxygens (including phenoxy) is 2. The summed E-state index contributed by atoms with van der Waals surface area (Å²) in [5.74, 6) is -2.87. The van der Waals surface area contributed by atoms with Crippen LogP contribution in [0.3, 0.4) is 0 Å². The second-order valence-electron chi connectivity index (χ2n) is 15.7. The molecule has 5 rings (SSSR count). The van der Waals surface area contributed by atoms with Gasteiger partial charge in [-0.2, -0.15) is 8.78 Å². The number of β-amino-alcohol motifs (C(OH)–C–C–N with tert-alkyl or cyclic N) is 1. The number of hydrogen-bond donors (Lipinski definition) is 4. The van der Waals surface area contributed by atoms with Gasteiger partial charge in [0.15, 0.2) is 23.3 Å². The number of rotatable bonds is 19. The first-order chi connectivity index (χ1) is 28.1. The minimum absolute atomic E-state index is 0.00998. The Hall–Kier alpha value is -5.13. The number of nitrogens with one attached hydrogen (secondary N) is 3. The van der Waals surface area contributed by atoms with E-state index in [0.29, 0.717) is 13.0 Å². The van der Waals surface area contributed by atoms with E-state index in [2.05, 4.69) is 30.7 Å². The maximum Gasteiger partial charge on any atom is 0.387 e. The van der Waals surface area contributed by atoms with Crippen molar-refractivity contribution < 1.29 is 47.3 Å². The van der Waals surface area contributed by atoms with Crippen molar-refractivity contribution in [2.45, 2.75) is 104 Å². The molecule has 0 spiro atoms. The molecule has 3 aromatic rings. The number of hydrogen-bond acceptors (Lipinski definition) is 12. The van der Waals surface area contributed by atoms with Crippen LogP contribution in [0.5, 0.6) is 11.5 Å².